The molecule has 368 valence electrons. The molecule has 6 nitrogen and oxygen atoms in total. The van der Waals surface area contributed by atoms with Crippen molar-refractivity contribution >= 4 is 17.9 Å². The van der Waals surface area contributed by atoms with Gasteiger partial charge in [-0.15, -0.1) is 0 Å². The first kappa shape index (κ1) is 60.4. The molecule has 62 heavy (non-hydrogen) atoms. The molecular formula is C56H108O6. The standard InChI is InChI=1S/C56H108O6/c1-7-52(6)44-38-32-26-22-23-28-34-40-46-55(58)61-49-53(48-60-54(57)45-39-33-27-20-17-16-19-25-31-37-43-51(4)5)62-56(59)47-41-35-29-21-15-13-11-9-8-10-12-14-18-24-30-36-42-50(2)3/h50-53H,7-49H2,1-6H3/t52?,53-/m0/s1. The summed E-state index contributed by atoms with van der Waals surface area (Å²) in [5.74, 6) is 1.67. The molecule has 0 aromatic rings. The number of carbonyl (C=O) groups is 3. The van der Waals surface area contributed by atoms with Crippen molar-refractivity contribution in [2.24, 2.45) is 17.8 Å². The molecule has 0 aliphatic heterocycles. The predicted molar refractivity (Wildman–Crippen MR) is 266 cm³/mol. The molecule has 0 rings (SSSR count). The van der Waals surface area contributed by atoms with Gasteiger partial charge in [-0.25, -0.2) is 0 Å². The monoisotopic (exact) mass is 877 g/mol. The van der Waals surface area contributed by atoms with E-state index < -0.39 is 6.10 Å². The molecule has 0 saturated carbocycles. The Balaban J connectivity index is 4.29. The summed E-state index contributed by atoms with van der Waals surface area (Å²) in [5, 5.41) is 0. The summed E-state index contributed by atoms with van der Waals surface area (Å²) in [6.45, 7) is 13.7. The van der Waals surface area contributed by atoms with Gasteiger partial charge < -0.3 is 14.2 Å². The third-order valence-corrected chi connectivity index (χ3v) is 13.0. The molecule has 6 heteroatoms. The minimum absolute atomic E-state index is 0.0645. The fourth-order valence-corrected chi connectivity index (χ4v) is 8.44. The predicted octanol–water partition coefficient (Wildman–Crippen LogP) is 17.9. The zero-order valence-electron chi connectivity index (χ0n) is 42.7. The Morgan fingerprint density at radius 3 is 0.839 bits per heavy atom. The molecule has 0 aliphatic carbocycles. The Labute approximate surface area is 387 Å². The number of esters is 3. The zero-order chi connectivity index (χ0) is 45.6. The lowest BCUT2D eigenvalue weighted by Gasteiger charge is -2.18. The highest BCUT2D eigenvalue weighted by Crippen LogP contribution is 2.18. The zero-order valence-corrected chi connectivity index (χ0v) is 42.7. The molecule has 0 amide bonds. The molecule has 2 atom stereocenters. The second-order valence-corrected chi connectivity index (χ2v) is 20.4. The van der Waals surface area contributed by atoms with E-state index in [-0.39, 0.29) is 31.1 Å². The van der Waals surface area contributed by atoms with Gasteiger partial charge in [0.1, 0.15) is 13.2 Å². The number of carbonyl (C=O) groups excluding carboxylic acids is 3. The van der Waals surface area contributed by atoms with Crippen molar-refractivity contribution in [3.05, 3.63) is 0 Å². The van der Waals surface area contributed by atoms with E-state index in [1.165, 1.54) is 186 Å². The molecule has 1 unspecified atom stereocenters. The van der Waals surface area contributed by atoms with Crippen molar-refractivity contribution < 1.29 is 28.6 Å². The Morgan fingerprint density at radius 2 is 0.565 bits per heavy atom. The largest absolute Gasteiger partial charge is 0.462 e. The summed E-state index contributed by atoms with van der Waals surface area (Å²) >= 11 is 0. The number of rotatable bonds is 49. The number of hydrogen-bond donors (Lipinski definition) is 0. The van der Waals surface area contributed by atoms with Gasteiger partial charge in [0.2, 0.25) is 0 Å². The van der Waals surface area contributed by atoms with Crippen molar-refractivity contribution in [3.8, 4) is 0 Å². The fourth-order valence-electron chi connectivity index (χ4n) is 8.44. The van der Waals surface area contributed by atoms with E-state index in [0.29, 0.717) is 19.3 Å². The second-order valence-electron chi connectivity index (χ2n) is 20.4. The quantitative estimate of drug-likeness (QED) is 0.0344. The van der Waals surface area contributed by atoms with Crippen molar-refractivity contribution in [3.63, 3.8) is 0 Å². The van der Waals surface area contributed by atoms with Crippen molar-refractivity contribution in [1.82, 2.24) is 0 Å². The van der Waals surface area contributed by atoms with Gasteiger partial charge in [-0.3, -0.25) is 14.4 Å². The molecule has 0 bridgehead atoms. The van der Waals surface area contributed by atoms with Crippen LogP contribution < -0.4 is 0 Å². The Morgan fingerprint density at radius 1 is 0.323 bits per heavy atom. The number of hydrogen-bond acceptors (Lipinski definition) is 6. The van der Waals surface area contributed by atoms with E-state index in [1.54, 1.807) is 0 Å². The highest BCUT2D eigenvalue weighted by molar-refractivity contribution is 5.71. The van der Waals surface area contributed by atoms with Crippen LogP contribution in [0.15, 0.2) is 0 Å². The van der Waals surface area contributed by atoms with Gasteiger partial charge in [-0.05, 0) is 37.0 Å². The number of unbranched alkanes of at least 4 members (excludes halogenated alkanes) is 31. The summed E-state index contributed by atoms with van der Waals surface area (Å²) in [7, 11) is 0. The summed E-state index contributed by atoms with van der Waals surface area (Å²) < 4.78 is 16.8. The number of ether oxygens (including phenoxy) is 3. The van der Waals surface area contributed by atoms with Crippen LogP contribution in [0, 0.1) is 17.8 Å². The van der Waals surface area contributed by atoms with Gasteiger partial charge in [0.25, 0.3) is 0 Å². The van der Waals surface area contributed by atoms with Crippen LogP contribution in [0.2, 0.25) is 0 Å². The average molecular weight is 877 g/mol. The van der Waals surface area contributed by atoms with E-state index >= 15 is 0 Å². The first-order valence-corrected chi connectivity index (χ1v) is 27.6. The minimum atomic E-state index is -0.763. The maximum absolute atomic E-state index is 12.8. The SMILES string of the molecule is CCC(C)CCCCCCCCCCC(=O)OC[C@H](COC(=O)CCCCCCCCCCCCC(C)C)OC(=O)CCCCCCCCCCCCCCCCCCC(C)C. The first-order valence-electron chi connectivity index (χ1n) is 27.6. The maximum Gasteiger partial charge on any atom is 0.306 e. The van der Waals surface area contributed by atoms with E-state index in [9.17, 15) is 14.4 Å². The minimum Gasteiger partial charge on any atom is -0.462 e. The molecule has 0 fully saturated rings. The maximum atomic E-state index is 12.8. The van der Waals surface area contributed by atoms with Crippen LogP contribution in [0.3, 0.4) is 0 Å². The van der Waals surface area contributed by atoms with E-state index in [2.05, 4.69) is 41.5 Å². The Hall–Kier alpha value is -1.59. The lowest BCUT2D eigenvalue weighted by atomic mass is 9.99. The summed E-state index contributed by atoms with van der Waals surface area (Å²) in [5.41, 5.74) is 0. The molecule has 0 radical (unpaired) electrons. The smallest absolute Gasteiger partial charge is 0.306 e. The molecule has 0 heterocycles. The topological polar surface area (TPSA) is 78.9 Å². The molecule has 0 aromatic heterocycles. The highest BCUT2D eigenvalue weighted by Gasteiger charge is 2.19. The van der Waals surface area contributed by atoms with Gasteiger partial charge in [0, 0.05) is 19.3 Å². The van der Waals surface area contributed by atoms with Crippen LogP contribution >= 0.6 is 0 Å². The van der Waals surface area contributed by atoms with Gasteiger partial charge in [-0.2, -0.15) is 0 Å². The van der Waals surface area contributed by atoms with Crippen LogP contribution in [0.1, 0.15) is 305 Å². The highest BCUT2D eigenvalue weighted by atomic mass is 16.6. The van der Waals surface area contributed by atoms with Crippen LogP contribution in [-0.4, -0.2) is 37.2 Å². The normalized spacial score (nSPS) is 12.6. The van der Waals surface area contributed by atoms with Gasteiger partial charge in [0.05, 0.1) is 0 Å². The van der Waals surface area contributed by atoms with E-state index in [4.69, 9.17) is 14.2 Å². The first-order chi connectivity index (χ1) is 30.1. The molecule has 0 aromatic carbocycles. The van der Waals surface area contributed by atoms with Gasteiger partial charge in [-0.1, -0.05) is 266 Å². The summed E-state index contributed by atoms with van der Waals surface area (Å²) in [6, 6.07) is 0. The molecule has 0 saturated heterocycles. The van der Waals surface area contributed by atoms with Crippen LogP contribution in [0.5, 0.6) is 0 Å². The van der Waals surface area contributed by atoms with Gasteiger partial charge >= 0.3 is 17.9 Å². The van der Waals surface area contributed by atoms with E-state index in [1.807, 2.05) is 0 Å². The molecule has 0 aliphatic rings. The summed E-state index contributed by atoms with van der Waals surface area (Å²) in [4.78, 5) is 38.0. The third-order valence-electron chi connectivity index (χ3n) is 13.0. The van der Waals surface area contributed by atoms with E-state index in [0.717, 1.165) is 75.5 Å². The molecule has 0 spiro atoms. The Bertz CT molecular complexity index is 962. The van der Waals surface area contributed by atoms with Crippen LogP contribution in [-0.2, 0) is 28.6 Å². The second kappa shape index (κ2) is 47.4. The fraction of sp³-hybridized carbons (Fsp3) is 0.946. The van der Waals surface area contributed by atoms with Crippen LogP contribution in [0.4, 0.5) is 0 Å². The van der Waals surface area contributed by atoms with Gasteiger partial charge in [0.15, 0.2) is 6.10 Å². The molecule has 0 N–H and O–H groups in total. The van der Waals surface area contributed by atoms with Crippen molar-refractivity contribution in [1.29, 1.82) is 0 Å². The lowest BCUT2D eigenvalue weighted by Crippen LogP contribution is -2.30. The van der Waals surface area contributed by atoms with Crippen LogP contribution in [0.25, 0.3) is 0 Å². The van der Waals surface area contributed by atoms with Crippen molar-refractivity contribution in [2.75, 3.05) is 13.2 Å². The average Bonchev–Trinajstić information content (AvgIpc) is 3.24. The third kappa shape index (κ3) is 47.9. The van der Waals surface area contributed by atoms with Crippen molar-refractivity contribution in [2.45, 2.75) is 311 Å². The summed E-state index contributed by atoms with van der Waals surface area (Å²) in [6.07, 6.45) is 48.0. The molecular weight excluding hydrogens is 769 g/mol. The lowest BCUT2D eigenvalue weighted by molar-refractivity contribution is -0.167. The Kier molecular flexibility index (Phi) is 46.2.